The first-order valence-corrected chi connectivity index (χ1v) is 8.83. The van der Waals surface area contributed by atoms with Crippen LogP contribution in [0.4, 0.5) is 0 Å². The van der Waals surface area contributed by atoms with Crippen molar-refractivity contribution < 1.29 is 4.79 Å². The van der Waals surface area contributed by atoms with Crippen molar-refractivity contribution in [1.29, 1.82) is 0 Å². The van der Waals surface area contributed by atoms with Crippen LogP contribution >= 0.6 is 0 Å². The molecule has 1 aliphatic carbocycles. The van der Waals surface area contributed by atoms with Crippen LogP contribution in [-0.4, -0.2) is 27.4 Å². The lowest BCUT2D eigenvalue weighted by Gasteiger charge is -2.11. The van der Waals surface area contributed by atoms with Gasteiger partial charge in [0.25, 0.3) is 5.91 Å². The van der Waals surface area contributed by atoms with Gasteiger partial charge in [-0.25, -0.2) is 9.97 Å². The minimum atomic E-state index is -0.126. The normalized spacial score (nSPS) is 13.4. The van der Waals surface area contributed by atoms with Gasteiger partial charge in [-0.1, -0.05) is 29.8 Å². The van der Waals surface area contributed by atoms with Crippen molar-refractivity contribution in [2.24, 2.45) is 5.92 Å². The van der Waals surface area contributed by atoms with Crippen LogP contribution in [0.15, 0.2) is 55.0 Å². The lowest BCUT2D eigenvalue weighted by Crippen LogP contribution is -2.26. The molecule has 0 saturated heterocycles. The summed E-state index contributed by atoms with van der Waals surface area (Å²) in [6, 6.07) is 11.8. The number of nitrogens with one attached hydrogen (secondary N) is 1. The summed E-state index contributed by atoms with van der Waals surface area (Å²) >= 11 is 0. The fourth-order valence-corrected chi connectivity index (χ4v) is 2.77. The molecule has 5 heteroatoms. The Morgan fingerprint density at radius 2 is 1.81 bits per heavy atom. The number of carbonyl (C=O) groups excluding carboxylic acids is 1. The molecule has 3 aromatic rings. The van der Waals surface area contributed by atoms with Crippen molar-refractivity contribution >= 4 is 5.91 Å². The summed E-state index contributed by atoms with van der Waals surface area (Å²) in [5, 5.41) is 3.00. The number of carbonyl (C=O) groups is 1. The summed E-state index contributed by atoms with van der Waals surface area (Å²) in [5.74, 6) is 1.10. The van der Waals surface area contributed by atoms with Crippen LogP contribution in [-0.2, 0) is 0 Å². The highest BCUT2D eigenvalue weighted by Gasteiger charge is 2.23. The van der Waals surface area contributed by atoms with E-state index < -0.39 is 0 Å². The van der Waals surface area contributed by atoms with Gasteiger partial charge in [0.05, 0.1) is 11.3 Å². The highest BCUT2D eigenvalue weighted by molar-refractivity contribution is 5.99. The van der Waals surface area contributed by atoms with E-state index in [1.54, 1.807) is 18.6 Å². The standard InChI is InChI=1S/C21H20N4O/c1-14-2-6-17(7-3-14)20-23-13-18(21(26)24-12-15-4-5-15)19(25-20)16-8-10-22-11-9-16/h2-3,6-11,13,15H,4-5,12H2,1H3,(H,24,26). The van der Waals surface area contributed by atoms with Gasteiger partial charge in [0, 0.05) is 36.3 Å². The Bertz CT molecular complexity index is 919. The first-order chi connectivity index (χ1) is 12.7. The maximum absolute atomic E-state index is 12.7. The Morgan fingerprint density at radius 1 is 1.08 bits per heavy atom. The topological polar surface area (TPSA) is 67.8 Å². The molecule has 1 amide bonds. The molecule has 5 nitrogen and oxygen atoms in total. The van der Waals surface area contributed by atoms with Gasteiger partial charge >= 0.3 is 0 Å². The number of hydrogen-bond donors (Lipinski definition) is 1. The van der Waals surface area contributed by atoms with Crippen LogP contribution in [0.25, 0.3) is 22.6 Å². The molecule has 0 aliphatic heterocycles. The number of hydrogen-bond acceptors (Lipinski definition) is 4. The van der Waals surface area contributed by atoms with Gasteiger partial charge in [0.15, 0.2) is 5.82 Å². The minimum absolute atomic E-state index is 0.126. The molecule has 0 spiro atoms. The molecule has 2 heterocycles. The largest absolute Gasteiger partial charge is 0.352 e. The summed E-state index contributed by atoms with van der Waals surface area (Å²) in [5.41, 5.74) is 4.08. The molecule has 0 unspecified atom stereocenters. The monoisotopic (exact) mass is 344 g/mol. The van der Waals surface area contributed by atoms with Crippen molar-refractivity contribution in [3.63, 3.8) is 0 Å². The third-order valence-corrected chi connectivity index (χ3v) is 4.55. The van der Waals surface area contributed by atoms with Crippen molar-refractivity contribution in [3.05, 3.63) is 66.1 Å². The highest BCUT2D eigenvalue weighted by Crippen LogP contribution is 2.28. The molecule has 1 aliphatic rings. The van der Waals surface area contributed by atoms with Gasteiger partial charge in [-0.2, -0.15) is 0 Å². The molecule has 1 aromatic carbocycles. The molecule has 1 saturated carbocycles. The first-order valence-electron chi connectivity index (χ1n) is 8.83. The zero-order valence-electron chi connectivity index (χ0n) is 14.6. The lowest BCUT2D eigenvalue weighted by molar-refractivity contribution is 0.0952. The van der Waals surface area contributed by atoms with Gasteiger partial charge in [0.2, 0.25) is 0 Å². The number of pyridine rings is 1. The fraction of sp³-hybridized carbons (Fsp3) is 0.238. The summed E-state index contributed by atoms with van der Waals surface area (Å²) in [7, 11) is 0. The fourth-order valence-electron chi connectivity index (χ4n) is 2.77. The van der Waals surface area contributed by atoms with E-state index in [4.69, 9.17) is 4.98 Å². The van der Waals surface area contributed by atoms with Gasteiger partial charge in [0.1, 0.15) is 0 Å². The third kappa shape index (κ3) is 3.61. The van der Waals surface area contributed by atoms with Crippen LogP contribution in [0, 0.1) is 12.8 Å². The third-order valence-electron chi connectivity index (χ3n) is 4.55. The second-order valence-electron chi connectivity index (χ2n) is 6.71. The molecule has 4 rings (SSSR count). The Balaban J connectivity index is 1.73. The summed E-state index contributed by atoms with van der Waals surface area (Å²) < 4.78 is 0. The number of amides is 1. The molecule has 0 bridgehead atoms. The SMILES string of the molecule is Cc1ccc(-c2ncc(C(=O)NCC3CC3)c(-c3ccncc3)n2)cc1. The smallest absolute Gasteiger partial charge is 0.255 e. The van der Waals surface area contributed by atoms with Crippen molar-refractivity contribution in [2.45, 2.75) is 19.8 Å². The second kappa shape index (κ2) is 7.04. The van der Waals surface area contributed by atoms with E-state index in [1.165, 1.54) is 18.4 Å². The molecule has 26 heavy (non-hydrogen) atoms. The number of benzene rings is 1. The average molecular weight is 344 g/mol. The molecule has 1 fully saturated rings. The first kappa shape index (κ1) is 16.4. The summed E-state index contributed by atoms with van der Waals surface area (Å²) in [6.45, 7) is 2.76. The summed E-state index contributed by atoms with van der Waals surface area (Å²) in [6.07, 6.45) is 7.42. The maximum Gasteiger partial charge on any atom is 0.255 e. The van der Waals surface area contributed by atoms with E-state index in [9.17, 15) is 4.79 Å². The predicted molar refractivity (Wildman–Crippen MR) is 100 cm³/mol. The minimum Gasteiger partial charge on any atom is -0.352 e. The Labute approximate surface area is 152 Å². The molecule has 1 N–H and O–H groups in total. The average Bonchev–Trinajstić information content (AvgIpc) is 3.51. The van der Waals surface area contributed by atoms with Gasteiger partial charge in [-0.05, 0) is 37.8 Å². The quantitative estimate of drug-likeness (QED) is 0.767. The zero-order valence-corrected chi connectivity index (χ0v) is 14.6. The van der Waals surface area contributed by atoms with Gasteiger partial charge < -0.3 is 5.32 Å². The maximum atomic E-state index is 12.7. The van der Waals surface area contributed by atoms with Crippen molar-refractivity contribution in [2.75, 3.05) is 6.54 Å². The van der Waals surface area contributed by atoms with E-state index >= 15 is 0 Å². The molecule has 0 radical (unpaired) electrons. The van der Waals surface area contributed by atoms with E-state index in [0.717, 1.165) is 11.1 Å². The van der Waals surface area contributed by atoms with Crippen LogP contribution in [0.2, 0.25) is 0 Å². The van der Waals surface area contributed by atoms with E-state index in [1.807, 2.05) is 43.3 Å². The molecule has 2 aromatic heterocycles. The van der Waals surface area contributed by atoms with Crippen LogP contribution in [0.5, 0.6) is 0 Å². The van der Waals surface area contributed by atoms with Crippen LogP contribution < -0.4 is 5.32 Å². The lowest BCUT2D eigenvalue weighted by atomic mass is 10.1. The van der Waals surface area contributed by atoms with Crippen LogP contribution in [0.1, 0.15) is 28.8 Å². The Hall–Kier alpha value is -3.08. The zero-order chi connectivity index (χ0) is 17.9. The van der Waals surface area contributed by atoms with Gasteiger partial charge in [-0.3, -0.25) is 9.78 Å². The Kier molecular flexibility index (Phi) is 4.44. The molecule has 0 atom stereocenters. The van der Waals surface area contributed by atoms with Crippen LogP contribution in [0.3, 0.4) is 0 Å². The van der Waals surface area contributed by atoms with E-state index in [0.29, 0.717) is 29.5 Å². The predicted octanol–water partition coefficient (Wildman–Crippen LogP) is 3.65. The number of aryl methyl sites for hydroxylation is 1. The van der Waals surface area contributed by atoms with E-state index in [2.05, 4.69) is 15.3 Å². The molecular weight excluding hydrogens is 324 g/mol. The number of aromatic nitrogens is 3. The highest BCUT2D eigenvalue weighted by atomic mass is 16.1. The van der Waals surface area contributed by atoms with E-state index in [-0.39, 0.29) is 5.91 Å². The Morgan fingerprint density at radius 3 is 2.50 bits per heavy atom. The second-order valence-corrected chi connectivity index (χ2v) is 6.71. The van der Waals surface area contributed by atoms with Crippen molar-refractivity contribution in [3.8, 4) is 22.6 Å². The van der Waals surface area contributed by atoms with Gasteiger partial charge in [-0.15, -0.1) is 0 Å². The summed E-state index contributed by atoms with van der Waals surface area (Å²) in [4.78, 5) is 25.9. The van der Waals surface area contributed by atoms with Crippen molar-refractivity contribution in [1.82, 2.24) is 20.3 Å². The number of rotatable bonds is 5. The molecule has 130 valence electrons. The number of nitrogens with zero attached hydrogens (tertiary/aromatic N) is 3. The molecular formula is C21H20N4O.